The van der Waals surface area contributed by atoms with Gasteiger partial charge in [0.15, 0.2) is 6.23 Å². The lowest BCUT2D eigenvalue weighted by atomic mass is 9.61. The number of rotatable bonds is 9. The maximum absolute atomic E-state index is 12.6. The topological polar surface area (TPSA) is 132 Å². The second kappa shape index (κ2) is 11.3. The number of methoxy groups -OCH3 is 1. The zero-order valence-electron chi connectivity index (χ0n) is 21.9. The maximum atomic E-state index is 12.6. The van der Waals surface area contributed by atoms with E-state index in [1.807, 2.05) is 91.0 Å². The number of hydrogen-bond acceptors (Lipinski definition) is 8. The van der Waals surface area contributed by atoms with Gasteiger partial charge in [-0.1, -0.05) is 91.0 Å². The molecular formula is C30H30N2O8. The molecule has 0 radical (unpaired) electrons. The number of aliphatic hydroxyl groups is 2. The molecular weight excluding hydrogens is 516 g/mol. The van der Waals surface area contributed by atoms with Gasteiger partial charge in [0.25, 0.3) is 5.56 Å². The summed E-state index contributed by atoms with van der Waals surface area (Å²) in [5.74, 6) is -1.99. The minimum absolute atomic E-state index is 0.615. The van der Waals surface area contributed by atoms with Crippen molar-refractivity contribution < 1.29 is 29.5 Å². The molecule has 208 valence electrons. The number of benzene rings is 3. The molecule has 2 heterocycles. The number of nitrogens with zero attached hydrogens (tertiary/aromatic N) is 1. The van der Waals surface area contributed by atoms with Crippen LogP contribution in [0.5, 0.6) is 0 Å². The number of H-pyrrole nitrogens is 1. The van der Waals surface area contributed by atoms with Gasteiger partial charge in [0.05, 0.1) is 7.11 Å². The van der Waals surface area contributed by atoms with Crippen LogP contribution < -0.4 is 11.2 Å². The van der Waals surface area contributed by atoms with Crippen LogP contribution in [-0.2, 0) is 24.7 Å². The summed E-state index contributed by atoms with van der Waals surface area (Å²) in [5.41, 5.74) is -0.669. The predicted octanol–water partition coefficient (Wildman–Crippen LogP) is 2.11. The van der Waals surface area contributed by atoms with Crippen LogP contribution in [0.25, 0.3) is 0 Å². The lowest BCUT2D eigenvalue weighted by molar-refractivity contribution is -0.452. The summed E-state index contributed by atoms with van der Waals surface area (Å²) < 4.78 is 13.5. The first kappa shape index (κ1) is 27.7. The van der Waals surface area contributed by atoms with Crippen molar-refractivity contribution in [3.8, 4) is 0 Å². The molecule has 3 aromatic carbocycles. The number of aromatic nitrogens is 2. The van der Waals surface area contributed by atoms with Crippen LogP contribution in [0.1, 0.15) is 22.9 Å². The van der Waals surface area contributed by atoms with Crippen molar-refractivity contribution in [1.29, 1.82) is 0 Å². The molecule has 10 nitrogen and oxygen atoms in total. The zero-order valence-corrected chi connectivity index (χ0v) is 21.9. The molecule has 1 unspecified atom stereocenters. The van der Waals surface area contributed by atoms with Crippen LogP contribution in [0, 0.1) is 0 Å². The molecule has 0 aliphatic carbocycles. The molecule has 5 rings (SSSR count). The second-order valence-electron chi connectivity index (χ2n) is 9.42. The Hall–Kier alpha value is -3.90. The number of aliphatic hydroxyl groups excluding tert-OH is 2. The lowest BCUT2D eigenvalue weighted by Crippen LogP contribution is -2.65. The fourth-order valence-electron chi connectivity index (χ4n) is 5.75. The number of nitrogens with one attached hydrogen (secondary N) is 1. The Morgan fingerprint density at radius 3 is 1.70 bits per heavy atom. The molecule has 1 saturated heterocycles. The number of hydrogen-bond donors (Lipinski definition) is 3. The summed E-state index contributed by atoms with van der Waals surface area (Å²) in [7, 11) is 2.70. The van der Waals surface area contributed by atoms with E-state index in [-0.39, 0.29) is 0 Å². The van der Waals surface area contributed by atoms with Crippen molar-refractivity contribution in [2.24, 2.45) is 0 Å². The van der Waals surface area contributed by atoms with Crippen LogP contribution >= 0.6 is 0 Å². The molecule has 4 aromatic rings. The summed E-state index contributed by atoms with van der Waals surface area (Å²) in [5, 5.41) is 22.8. The first-order valence-corrected chi connectivity index (χ1v) is 12.7. The van der Waals surface area contributed by atoms with Crippen molar-refractivity contribution in [3.05, 3.63) is 141 Å². The highest BCUT2D eigenvalue weighted by atomic mass is 17.2. The minimum Gasteiger partial charge on any atom is -0.387 e. The summed E-state index contributed by atoms with van der Waals surface area (Å²) in [4.78, 5) is 37.9. The van der Waals surface area contributed by atoms with Crippen molar-refractivity contribution in [1.82, 2.24) is 9.55 Å². The summed E-state index contributed by atoms with van der Waals surface area (Å²) in [6, 6.07) is 29.3. The monoisotopic (exact) mass is 546 g/mol. The predicted molar refractivity (Wildman–Crippen MR) is 144 cm³/mol. The van der Waals surface area contributed by atoms with E-state index in [2.05, 4.69) is 4.98 Å². The Labute approximate surface area is 229 Å². The third-order valence-electron chi connectivity index (χ3n) is 7.39. The molecule has 3 N–H and O–H groups in total. The van der Waals surface area contributed by atoms with Gasteiger partial charge >= 0.3 is 5.69 Å². The Morgan fingerprint density at radius 2 is 1.27 bits per heavy atom. The van der Waals surface area contributed by atoms with Gasteiger partial charge in [0.2, 0.25) is 5.79 Å². The second-order valence-corrected chi connectivity index (χ2v) is 9.42. The van der Waals surface area contributed by atoms with E-state index >= 15 is 0 Å². The van der Waals surface area contributed by atoms with Gasteiger partial charge in [-0.3, -0.25) is 14.3 Å². The highest BCUT2D eigenvalue weighted by molar-refractivity contribution is 5.54. The van der Waals surface area contributed by atoms with Gasteiger partial charge in [0, 0.05) is 19.4 Å². The average molecular weight is 547 g/mol. The molecule has 0 amide bonds. The van der Waals surface area contributed by atoms with Crippen LogP contribution in [-0.4, -0.2) is 58.1 Å². The highest BCUT2D eigenvalue weighted by Gasteiger charge is 2.68. The first-order chi connectivity index (χ1) is 19.4. The fourth-order valence-corrected chi connectivity index (χ4v) is 5.75. The van der Waals surface area contributed by atoms with Crippen LogP contribution in [0.15, 0.2) is 113 Å². The standard InChI is InChI=1S/C30H30N2O8/c1-37-30(40-38-2,26-24(34)25(35)27(39-26)32-19-18-23(33)31-28(32)36)29(20-12-6-3-7-13-20,21-14-8-4-9-15-21)22-16-10-5-11-17-22/h3-19,24-27,34-35H,1-2H3,(H,31,33,36)/t24-,25+,26-,27+,30?/m0/s1. The van der Waals surface area contributed by atoms with Gasteiger partial charge in [-0.05, 0) is 16.7 Å². The normalized spacial score (nSPS) is 22.6. The first-order valence-electron chi connectivity index (χ1n) is 12.7. The van der Waals surface area contributed by atoms with Crippen molar-refractivity contribution in [2.75, 3.05) is 14.2 Å². The van der Waals surface area contributed by atoms with Crippen LogP contribution in [0.2, 0.25) is 0 Å². The Kier molecular flexibility index (Phi) is 7.81. The maximum Gasteiger partial charge on any atom is 0.330 e. The molecule has 10 heteroatoms. The van der Waals surface area contributed by atoms with Gasteiger partial charge in [-0.15, -0.1) is 0 Å². The lowest BCUT2D eigenvalue weighted by Gasteiger charge is -2.51. The van der Waals surface area contributed by atoms with E-state index < -0.39 is 47.0 Å². The third kappa shape index (κ3) is 4.31. The summed E-state index contributed by atoms with van der Waals surface area (Å²) in [6.07, 6.45) is -4.87. The SMILES string of the molecule is COOC(OC)([C@H]1O[C@@H](n2ccc(=O)[nH]c2=O)[C@H](O)[C@@H]1O)C(c1ccccc1)(c1ccccc1)c1ccccc1. The fraction of sp³-hybridized carbons (Fsp3) is 0.267. The summed E-state index contributed by atoms with van der Waals surface area (Å²) in [6.45, 7) is 0. The molecule has 1 aliphatic rings. The minimum atomic E-state index is -1.99. The molecule has 1 aliphatic heterocycles. The Balaban J connectivity index is 1.82. The molecule has 1 aromatic heterocycles. The molecule has 0 saturated carbocycles. The molecule has 5 atom stereocenters. The number of ether oxygens (including phenoxy) is 2. The van der Waals surface area contributed by atoms with Gasteiger partial charge < -0.3 is 19.7 Å². The Morgan fingerprint density at radius 1 is 0.775 bits per heavy atom. The molecule has 0 bridgehead atoms. The Bertz CT molecular complexity index is 1430. The van der Waals surface area contributed by atoms with Gasteiger partial charge in [0.1, 0.15) is 23.7 Å². The van der Waals surface area contributed by atoms with E-state index in [1.54, 1.807) is 0 Å². The van der Waals surface area contributed by atoms with E-state index in [0.29, 0.717) is 16.7 Å². The average Bonchev–Trinajstić information content (AvgIpc) is 3.28. The van der Waals surface area contributed by atoms with Gasteiger partial charge in [-0.25, -0.2) is 9.68 Å². The highest BCUT2D eigenvalue weighted by Crippen LogP contribution is 2.54. The summed E-state index contributed by atoms with van der Waals surface area (Å²) >= 11 is 0. The van der Waals surface area contributed by atoms with Crippen LogP contribution in [0.4, 0.5) is 0 Å². The third-order valence-corrected chi connectivity index (χ3v) is 7.39. The van der Waals surface area contributed by atoms with E-state index in [0.717, 1.165) is 10.6 Å². The number of aromatic amines is 1. The van der Waals surface area contributed by atoms with E-state index in [1.165, 1.54) is 20.4 Å². The molecule has 1 fully saturated rings. The van der Waals surface area contributed by atoms with Crippen molar-refractivity contribution in [3.63, 3.8) is 0 Å². The van der Waals surface area contributed by atoms with E-state index in [9.17, 15) is 19.8 Å². The van der Waals surface area contributed by atoms with Crippen LogP contribution in [0.3, 0.4) is 0 Å². The van der Waals surface area contributed by atoms with Gasteiger partial charge in [-0.2, -0.15) is 4.89 Å². The largest absolute Gasteiger partial charge is 0.387 e. The quantitative estimate of drug-likeness (QED) is 0.126. The molecule has 40 heavy (non-hydrogen) atoms. The van der Waals surface area contributed by atoms with E-state index in [4.69, 9.17) is 19.2 Å². The van der Waals surface area contributed by atoms with Crippen molar-refractivity contribution >= 4 is 0 Å². The van der Waals surface area contributed by atoms with Crippen molar-refractivity contribution in [2.45, 2.75) is 35.7 Å². The zero-order chi connectivity index (χ0) is 28.3. The smallest absolute Gasteiger partial charge is 0.330 e. The molecule has 0 spiro atoms.